The molecule has 0 amide bonds. The van der Waals surface area contributed by atoms with Crippen LogP contribution in [0.15, 0.2) is 0 Å². The van der Waals surface area contributed by atoms with Crippen LogP contribution >= 0.6 is 0 Å². The second-order valence-electron chi connectivity index (χ2n) is 5.15. The molecule has 4 fully saturated rings. The van der Waals surface area contributed by atoms with Crippen LogP contribution in [-0.2, 0) is 0 Å². The van der Waals surface area contributed by atoms with Crippen LogP contribution in [0.1, 0.15) is 45.4 Å². The van der Waals surface area contributed by atoms with Crippen LogP contribution in [0.3, 0.4) is 0 Å². The molecule has 0 heterocycles. The number of rotatable bonds is 1. The van der Waals surface area contributed by atoms with E-state index < -0.39 is 0 Å². The van der Waals surface area contributed by atoms with Gasteiger partial charge in [-0.25, -0.2) is 0 Å². The molecule has 0 aliphatic heterocycles. The minimum absolute atomic E-state index is 0.833. The molecule has 0 unspecified atom stereocenters. The lowest BCUT2D eigenvalue weighted by atomic mass is 9.61. The average molecular weight is 136 g/mol. The third-order valence-electron chi connectivity index (χ3n) is 4.67. The van der Waals surface area contributed by atoms with E-state index in [9.17, 15) is 0 Å². The molecule has 10 heavy (non-hydrogen) atoms. The summed E-state index contributed by atoms with van der Waals surface area (Å²) in [5.41, 5.74) is 1.72. The van der Waals surface area contributed by atoms with Gasteiger partial charge in [0.05, 0.1) is 0 Å². The highest BCUT2D eigenvalue weighted by Crippen LogP contribution is 2.74. The lowest BCUT2D eigenvalue weighted by Gasteiger charge is -2.44. The van der Waals surface area contributed by atoms with E-state index in [-0.39, 0.29) is 0 Å². The Balaban J connectivity index is 1.92. The molecule has 0 aromatic heterocycles. The third-order valence-corrected chi connectivity index (χ3v) is 4.67. The predicted octanol–water partition coefficient (Wildman–Crippen LogP) is 2.98. The van der Waals surface area contributed by atoms with Crippen LogP contribution in [-0.4, -0.2) is 0 Å². The van der Waals surface area contributed by atoms with Crippen LogP contribution in [0.5, 0.6) is 0 Å². The molecule has 0 spiro atoms. The molecule has 4 rings (SSSR count). The molecule has 0 radical (unpaired) electrons. The highest BCUT2D eigenvalue weighted by molar-refractivity contribution is 5.14. The second kappa shape index (κ2) is 1.31. The van der Waals surface area contributed by atoms with Gasteiger partial charge in [0, 0.05) is 0 Å². The summed E-state index contributed by atoms with van der Waals surface area (Å²) in [7, 11) is 0. The lowest BCUT2D eigenvalue weighted by molar-refractivity contribution is 0.0550. The SMILES string of the molecule is CC1(C23CCC(C2)C3)CC1. The van der Waals surface area contributed by atoms with Crippen LogP contribution in [0.25, 0.3) is 0 Å². The van der Waals surface area contributed by atoms with E-state index >= 15 is 0 Å². The fourth-order valence-corrected chi connectivity index (χ4v) is 3.45. The Morgan fingerprint density at radius 1 is 1.10 bits per heavy atom. The Bertz CT molecular complexity index is 165. The van der Waals surface area contributed by atoms with Crippen LogP contribution in [0.2, 0.25) is 0 Å². The Morgan fingerprint density at radius 3 is 2.20 bits per heavy atom. The maximum Gasteiger partial charge on any atom is -0.0238 e. The van der Waals surface area contributed by atoms with Gasteiger partial charge in [0.25, 0.3) is 0 Å². The molecular weight excluding hydrogens is 120 g/mol. The third kappa shape index (κ3) is 0.436. The highest BCUT2D eigenvalue weighted by Gasteiger charge is 2.64. The molecule has 4 aliphatic rings. The molecule has 4 saturated carbocycles. The summed E-state index contributed by atoms with van der Waals surface area (Å²) in [5.74, 6) is 1.16. The molecule has 0 nitrogen and oxygen atoms in total. The lowest BCUT2D eigenvalue weighted by Crippen LogP contribution is -2.35. The molecule has 0 atom stereocenters. The van der Waals surface area contributed by atoms with Crippen molar-refractivity contribution in [3.63, 3.8) is 0 Å². The van der Waals surface area contributed by atoms with Crippen LogP contribution in [0, 0.1) is 16.7 Å². The van der Waals surface area contributed by atoms with Crippen LogP contribution in [0.4, 0.5) is 0 Å². The van der Waals surface area contributed by atoms with E-state index in [0.29, 0.717) is 0 Å². The molecular formula is C10H16. The normalized spacial score (nSPS) is 54.3. The Labute approximate surface area is 63.0 Å². The van der Waals surface area contributed by atoms with Gasteiger partial charge in [-0.15, -0.1) is 0 Å². The van der Waals surface area contributed by atoms with Crippen molar-refractivity contribution in [1.82, 2.24) is 0 Å². The van der Waals surface area contributed by atoms with E-state index in [2.05, 4.69) is 6.92 Å². The fourth-order valence-electron chi connectivity index (χ4n) is 3.45. The minimum atomic E-state index is 0.833. The minimum Gasteiger partial charge on any atom is -0.0591 e. The van der Waals surface area contributed by atoms with Crippen molar-refractivity contribution in [3.8, 4) is 0 Å². The molecule has 56 valence electrons. The first-order valence-electron chi connectivity index (χ1n) is 4.74. The summed E-state index contributed by atoms with van der Waals surface area (Å²) >= 11 is 0. The summed E-state index contributed by atoms with van der Waals surface area (Å²) in [6, 6.07) is 0. The molecule has 0 N–H and O–H groups in total. The van der Waals surface area contributed by atoms with Crippen molar-refractivity contribution in [1.29, 1.82) is 0 Å². The number of hydrogen-bond acceptors (Lipinski definition) is 0. The largest absolute Gasteiger partial charge is 0.0591 e. The molecule has 0 aromatic rings. The topological polar surface area (TPSA) is 0 Å². The van der Waals surface area contributed by atoms with E-state index in [0.717, 1.165) is 16.7 Å². The summed E-state index contributed by atoms with van der Waals surface area (Å²) in [4.78, 5) is 0. The zero-order valence-corrected chi connectivity index (χ0v) is 6.82. The summed E-state index contributed by atoms with van der Waals surface area (Å²) < 4.78 is 0. The fraction of sp³-hybridized carbons (Fsp3) is 1.00. The Kier molecular flexibility index (Phi) is 0.735. The van der Waals surface area contributed by atoms with E-state index in [1.807, 2.05) is 0 Å². The monoisotopic (exact) mass is 136 g/mol. The van der Waals surface area contributed by atoms with Gasteiger partial charge in [0.15, 0.2) is 0 Å². The first-order chi connectivity index (χ1) is 4.74. The standard InChI is InChI=1S/C10H16/c1-9(4-5-9)10-3-2-8(6-10)7-10/h8H,2-7H2,1H3. The van der Waals surface area contributed by atoms with Crippen molar-refractivity contribution in [2.75, 3.05) is 0 Å². The van der Waals surface area contributed by atoms with Gasteiger partial charge in [-0.1, -0.05) is 6.92 Å². The first kappa shape index (κ1) is 5.62. The van der Waals surface area contributed by atoms with Gasteiger partial charge in [-0.2, -0.15) is 0 Å². The van der Waals surface area contributed by atoms with E-state index in [1.165, 1.54) is 0 Å². The first-order valence-corrected chi connectivity index (χ1v) is 4.74. The maximum atomic E-state index is 2.52. The van der Waals surface area contributed by atoms with Gasteiger partial charge in [0.2, 0.25) is 0 Å². The van der Waals surface area contributed by atoms with Crippen molar-refractivity contribution in [2.45, 2.75) is 45.4 Å². The molecule has 0 saturated heterocycles. The van der Waals surface area contributed by atoms with Crippen molar-refractivity contribution in [2.24, 2.45) is 16.7 Å². The van der Waals surface area contributed by atoms with Gasteiger partial charge in [0.1, 0.15) is 0 Å². The zero-order valence-electron chi connectivity index (χ0n) is 6.82. The highest BCUT2D eigenvalue weighted by atomic mass is 14.7. The molecule has 0 heteroatoms. The van der Waals surface area contributed by atoms with Crippen LogP contribution < -0.4 is 0 Å². The van der Waals surface area contributed by atoms with Gasteiger partial charge in [-0.05, 0) is 55.3 Å². The van der Waals surface area contributed by atoms with E-state index in [4.69, 9.17) is 0 Å². The predicted molar refractivity (Wildman–Crippen MR) is 41.7 cm³/mol. The molecule has 2 bridgehead atoms. The van der Waals surface area contributed by atoms with Gasteiger partial charge in [-0.3, -0.25) is 0 Å². The molecule has 4 aliphatic carbocycles. The Morgan fingerprint density at radius 2 is 1.80 bits per heavy atom. The Hall–Kier alpha value is 0. The maximum absolute atomic E-state index is 2.52. The summed E-state index contributed by atoms with van der Waals surface area (Å²) in [5, 5.41) is 0. The van der Waals surface area contributed by atoms with Gasteiger partial charge >= 0.3 is 0 Å². The summed E-state index contributed by atoms with van der Waals surface area (Å²) in [6.45, 7) is 2.52. The zero-order chi connectivity index (χ0) is 6.82. The summed E-state index contributed by atoms with van der Waals surface area (Å²) in [6.07, 6.45) is 9.43. The number of hydrogen-bond donors (Lipinski definition) is 0. The molecule has 0 aromatic carbocycles. The quantitative estimate of drug-likeness (QED) is 0.520. The average Bonchev–Trinajstić information content (AvgIpc) is 2.38. The van der Waals surface area contributed by atoms with Gasteiger partial charge < -0.3 is 0 Å². The number of fused-ring (bicyclic) bond motifs is 1. The van der Waals surface area contributed by atoms with Crippen molar-refractivity contribution in [3.05, 3.63) is 0 Å². The van der Waals surface area contributed by atoms with Crippen molar-refractivity contribution < 1.29 is 0 Å². The smallest absolute Gasteiger partial charge is 0.0238 e. The van der Waals surface area contributed by atoms with E-state index in [1.54, 1.807) is 38.5 Å². The second-order valence-corrected chi connectivity index (χ2v) is 5.15. The van der Waals surface area contributed by atoms with Crippen molar-refractivity contribution >= 4 is 0 Å².